The zero-order valence-electron chi connectivity index (χ0n) is 12.4. The summed E-state index contributed by atoms with van der Waals surface area (Å²) in [6.45, 7) is 7.42. The molecule has 2 atom stereocenters. The second-order valence-corrected chi connectivity index (χ2v) is 8.30. The Morgan fingerprint density at radius 1 is 1.43 bits per heavy atom. The van der Waals surface area contributed by atoms with Crippen LogP contribution < -0.4 is 10.3 Å². The molecule has 0 aromatic carbocycles. The third-order valence-corrected chi connectivity index (χ3v) is 4.88. The quantitative estimate of drug-likeness (QED) is 0.849. The van der Waals surface area contributed by atoms with Gasteiger partial charge in [0.15, 0.2) is 0 Å². The van der Waals surface area contributed by atoms with E-state index in [4.69, 9.17) is 11.6 Å². The first-order chi connectivity index (χ1) is 9.68. The molecule has 21 heavy (non-hydrogen) atoms. The highest BCUT2D eigenvalue weighted by Gasteiger charge is 2.29. The fourth-order valence-electron chi connectivity index (χ4n) is 1.80. The normalized spacial score (nSPS) is 15.1. The number of nitrogens with zero attached hydrogens (tertiary/aromatic N) is 1. The van der Waals surface area contributed by atoms with Crippen LogP contribution in [0.5, 0.6) is 0 Å². The molecule has 5 nitrogen and oxygen atoms in total. The molecule has 2 aromatic rings. The van der Waals surface area contributed by atoms with Crippen LogP contribution in [0.2, 0.25) is 5.02 Å². The Morgan fingerprint density at radius 2 is 2.10 bits per heavy atom. The first-order valence-corrected chi connectivity index (χ1v) is 8.08. The van der Waals surface area contributed by atoms with Crippen LogP contribution in [0.1, 0.15) is 39.3 Å². The monoisotopic (exact) mass is 327 g/mol. The number of nitrogens with one attached hydrogen (secondary N) is 2. The molecule has 0 spiro atoms. The molecule has 114 valence electrons. The number of halogens is 1. The molecule has 0 fully saturated rings. The van der Waals surface area contributed by atoms with Gasteiger partial charge >= 0.3 is 0 Å². The van der Waals surface area contributed by atoms with Crippen molar-refractivity contribution in [2.45, 2.75) is 38.5 Å². The predicted molar refractivity (Wildman–Crippen MR) is 86.8 cm³/mol. The summed E-state index contributed by atoms with van der Waals surface area (Å²) in [6.07, 6.45) is 1.48. The fraction of sp³-hybridized carbons (Fsp3) is 0.429. The summed E-state index contributed by atoms with van der Waals surface area (Å²) < 4.78 is 14.7. The smallest absolute Gasteiger partial charge is 0.254 e. The Kier molecular flexibility index (Phi) is 4.63. The number of hydrogen-bond acceptors (Lipinski definition) is 4. The van der Waals surface area contributed by atoms with Crippen molar-refractivity contribution < 1.29 is 4.55 Å². The first kappa shape index (κ1) is 16.3. The molecule has 0 aliphatic heterocycles. The number of pyridine rings is 2. The topological polar surface area (TPSA) is 80.8 Å². The van der Waals surface area contributed by atoms with E-state index in [1.54, 1.807) is 19.1 Å². The van der Waals surface area contributed by atoms with Crippen LogP contribution in [0, 0.1) is 0 Å². The molecule has 0 saturated carbocycles. The van der Waals surface area contributed by atoms with Gasteiger partial charge in [-0.25, -0.2) is 4.98 Å². The first-order valence-electron chi connectivity index (χ1n) is 6.55. The molecule has 0 aliphatic carbocycles. The number of aromatic amines is 1. The number of H-pyrrole nitrogens is 1. The van der Waals surface area contributed by atoms with Crippen molar-refractivity contribution in [3.05, 3.63) is 39.3 Å². The lowest BCUT2D eigenvalue weighted by Crippen LogP contribution is -2.41. The molecule has 0 amide bonds. The van der Waals surface area contributed by atoms with Crippen molar-refractivity contribution in [1.29, 1.82) is 0 Å². The predicted octanol–water partition coefficient (Wildman–Crippen LogP) is 2.69. The highest BCUT2D eigenvalue weighted by molar-refractivity contribution is 7.90. The minimum atomic E-state index is -1.26. The van der Waals surface area contributed by atoms with E-state index >= 15 is 0 Å². The molecule has 2 heterocycles. The zero-order chi connectivity index (χ0) is 15.8. The second kappa shape index (κ2) is 5.96. The van der Waals surface area contributed by atoms with E-state index in [0.717, 1.165) is 5.39 Å². The van der Waals surface area contributed by atoms with Crippen LogP contribution in [0.4, 0.5) is 0 Å². The average molecular weight is 328 g/mol. The van der Waals surface area contributed by atoms with E-state index in [-0.39, 0.29) is 11.6 Å². The summed E-state index contributed by atoms with van der Waals surface area (Å²) in [7, 11) is 0. The average Bonchev–Trinajstić information content (AvgIpc) is 2.37. The molecule has 1 unspecified atom stereocenters. The molecule has 2 aromatic heterocycles. The molecule has 0 radical (unpaired) electrons. The lowest BCUT2D eigenvalue weighted by Gasteiger charge is -2.26. The van der Waals surface area contributed by atoms with Crippen molar-refractivity contribution in [1.82, 2.24) is 14.7 Å². The van der Waals surface area contributed by atoms with Gasteiger partial charge in [0.2, 0.25) is 0 Å². The van der Waals surface area contributed by atoms with E-state index in [1.807, 2.05) is 20.8 Å². The molecule has 0 bridgehead atoms. The Morgan fingerprint density at radius 3 is 2.71 bits per heavy atom. The Hall–Kier alpha value is -1.08. The SMILES string of the molecule is CC(N[S@@+]([O-])C(C)(C)C)c1cc2cc(Cl)cnc2[nH]c1=O. The molecule has 2 rings (SSSR count). The maximum Gasteiger partial charge on any atom is 0.254 e. The van der Waals surface area contributed by atoms with E-state index in [0.29, 0.717) is 16.2 Å². The van der Waals surface area contributed by atoms with Crippen LogP contribution in [0.3, 0.4) is 0 Å². The number of hydrogen-bond donors (Lipinski definition) is 2. The molecule has 2 N–H and O–H groups in total. The number of fused-ring (bicyclic) bond motifs is 1. The van der Waals surface area contributed by atoms with Gasteiger partial charge in [-0.15, -0.1) is 4.72 Å². The number of aromatic nitrogens is 2. The van der Waals surface area contributed by atoms with Gasteiger partial charge in [0.25, 0.3) is 5.56 Å². The minimum absolute atomic E-state index is 0.247. The van der Waals surface area contributed by atoms with Gasteiger partial charge in [0, 0.05) is 28.5 Å². The summed E-state index contributed by atoms with van der Waals surface area (Å²) in [5, 5.41) is 1.24. The van der Waals surface area contributed by atoms with Crippen LogP contribution in [0.25, 0.3) is 11.0 Å². The van der Waals surface area contributed by atoms with Crippen molar-refractivity contribution >= 4 is 34.0 Å². The number of rotatable bonds is 3. The third-order valence-electron chi connectivity index (χ3n) is 3.00. The summed E-state index contributed by atoms with van der Waals surface area (Å²) in [5.41, 5.74) is 0.740. The summed E-state index contributed by atoms with van der Waals surface area (Å²) in [4.78, 5) is 18.9. The van der Waals surface area contributed by atoms with E-state index < -0.39 is 16.1 Å². The van der Waals surface area contributed by atoms with Gasteiger partial charge in [0.1, 0.15) is 10.4 Å². The maximum absolute atomic E-state index is 12.1. The molecular formula is C14H18ClN3O2S. The Bertz CT molecular complexity index is 711. The molecule has 7 heteroatoms. The van der Waals surface area contributed by atoms with Gasteiger partial charge in [-0.05, 0) is 39.8 Å². The van der Waals surface area contributed by atoms with Crippen molar-refractivity contribution in [3.63, 3.8) is 0 Å². The summed E-state index contributed by atoms with van der Waals surface area (Å²) >= 11 is 4.66. The van der Waals surface area contributed by atoms with Gasteiger partial charge in [-0.2, -0.15) is 0 Å². The maximum atomic E-state index is 12.1. The molecule has 0 aliphatic rings. The van der Waals surface area contributed by atoms with Crippen LogP contribution in [-0.2, 0) is 11.4 Å². The van der Waals surface area contributed by atoms with Crippen LogP contribution in [0.15, 0.2) is 23.1 Å². The summed E-state index contributed by atoms with van der Waals surface area (Å²) in [6, 6.07) is 3.11. The lowest BCUT2D eigenvalue weighted by atomic mass is 10.1. The van der Waals surface area contributed by atoms with E-state index in [2.05, 4.69) is 14.7 Å². The Labute approximate surface area is 131 Å². The lowest BCUT2D eigenvalue weighted by molar-refractivity contribution is 0.530. The van der Waals surface area contributed by atoms with Gasteiger partial charge in [-0.1, -0.05) is 11.6 Å². The highest BCUT2D eigenvalue weighted by Crippen LogP contribution is 2.20. The standard InChI is InChI=1S/C14H18ClN3O2S/c1-8(18-21(20)14(2,3)4)11-6-9-5-10(15)7-16-12(9)17-13(11)19/h5-8,18H,1-4H3,(H,16,17,19)/t8?,21-/m0/s1. The van der Waals surface area contributed by atoms with Gasteiger partial charge in [-0.3, -0.25) is 4.79 Å². The van der Waals surface area contributed by atoms with Gasteiger partial charge in [0.05, 0.1) is 11.1 Å². The largest absolute Gasteiger partial charge is 0.598 e. The molecule has 0 saturated heterocycles. The van der Waals surface area contributed by atoms with E-state index in [9.17, 15) is 9.35 Å². The zero-order valence-corrected chi connectivity index (χ0v) is 13.9. The van der Waals surface area contributed by atoms with Crippen LogP contribution in [-0.4, -0.2) is 19.3 Å². The van der Waals surface area contributed by atoms with Gasteiger partial charge < -0.3 is 9.54 Å². The minimum Gasteiger partial charge on any atom is -0.598 e. The van der Waals surface area contributed by atoms with Crippen molar-refractivity contribution in [2.75, 3.05) is 0 Å². The summed E-state index contributed by atoms with van der Waals surface area (Å²) in [5.74, 6) is 0. The van der Waals surface area contributed by atoms with Crippen molar-refractivity contribution in [3.8, 4) is 0 Å². The third kappa shape index (κ3) is 3.77. The fourth-order valence-corrected chi connectivity index (χ4v) is 2.77. The van der Waals surface area contributed by atoms with E-state index in [1.165, 1.54) is 6.20 Å². The van der Waals surface area contributed by atoms with Crippen molar-refractivity contribution in [2.24, 2.45) is 0 Å². The highest BCUT2D eigenvalue weighted by atomic mass is 35.5. The Balaban J connectivity index is 2.37. The second-order valence-electron chi connectivity index (χ2n) is 5.87. The van der Waals surface area contributed by atoms with Crippen LogP contribution >= 0.6 is 11.6 Å². The molecular weight excluding hydrogens is 310 g/mol.